The smallest absolute Gasteiger partial charge is 0.254 e. The number of carbonyl (C=O) groups is 2. The van der Waals surface area contributed by atoms with Crippen LogP contribution in [0.5, 0.6) is 0 Å². The van der Waals surface area contributed by atoms with Gasteiger partial charge in [0, 0.05) is 56.5 Å². The molecule has 2 fully saturated rings. The largest absolute Gasteiger partial charge is 0.375 e. The highest BCUT2D eigenvalue weighted by atomic mass is 16.5. The molecule has 1 saturated heterocycles. The fraction of sp³-hybridized carbons (Fsp3) is 0.450. The minimum atomic E-state index is -0.213. The van der Waals surface area contributed by atoms with Crippen LogP contribution in [0.4, 0.5) is 0 Å². The quantitative estimate of drug-likeness (QED) is 0.806. The minimum Gasteiger partial charge on any atom is -0.375 e. The average Bonchev–Trinajstić information content (AvgIpc) is 3.49. The molecule has 8 heteroatoms. The van der Waals surface area contributed by atoms with E-state index in [1.54, 1.807) is 17.3 Å². The molecule has 2 aliphatic rings. The number of aromatic nitrogens is 3. The second-order valence-electron chi connectivity index (χ2n) is 7.35. The third kappa shape index (κ3) is 4.01. The topological polar surface area (TPSA) is 97.3 Å². The van der Waals surface area contributed by atoms with Crippen molar-refractivity contribution in [3.8, 4) is 11.4 Å². The van der Waals surface area contributed by atoms with Crippen LogP contribution in [0.25, 0.3) is 11.4 Å². The van der Waals surface area contributed by atoms with Crippen LogP contribution in [-0.4, -0.2) is 64.5 Å². The van der Waals surface area contributed by atoms with Crippen molar-refractivity contribution in [1.29, 1.82) is 0 Å². The molecule has 0 radical (unpaired) electrons. The lowest BCUT2D eigenvalue weighted by atomic mass is 9.98. The summed E-state index contributed by atoms with van der Waals surface area (Å²) in [6.07, 6.45) is 8.74. The first kappa shape index (κ1) is 18.5. The fourth-order valence-corrected chi connectivity index (χ4v) is 3.74. The van der Waals surface area contributed by atoms with Gasteiger partial charge in [-0.05, 0) is 30.9 Å². The normalized spacial score (nSPS) is 21.5. The molecule has 2 aromatic heterocycles. The molecular formula is C20H23N5O3. The number of methoxy groups -OCH3 is 1. The Labute approximate surface area is 163 Å². The minimum absolute atomic E-state index is 0.0333. The van der Waals surface area contributed by atoms with E-state index in [1.165, 1.54) is 19.5 Å². The molecule has 0 bridgehead atoms. The molecule has 4 rings (SSSR count). The van der Waals surface area contributed by atoms with Gasteiger partial charge in [0.25, 0.3) is 5.91 Å². The summed E-state index contributed by atoms with van der Waals surface area (Å²) in [6, 6.07) is 3.62. The van der Waals surface area contributed by atoms with Gasteiger partial charge in [-0.15, -0.1) is 0 Å². The Morgan fingerprint density at radius 2 is 2.00 bits per heavy atom. The fourth-order valence-electron chi connectivity index (χ4n) is 3.74. The average molecular weight is 381 g/mol. The van der Waals surface area contributed by atoms with E-state index in [0.717, 1.165) is 18.4 Å². The third-order valence-corrected chi connectivity index (χ3v) is 5.36. The standard InChI is InChI=1S/C20H23N5O3/c1-28-12-18(26)25-10-16(13-4-5-13)17(11-25)24-20(27)15-8-22-19(23-9-15)14-3-2-6-21-7-14/h2-3,6-9,13,16-17H,4-5,10-12H2,1H3,(H,24,27)/t16-,17+/m1/s1. The van der Waals surface area contributed by atoms with E-state index in [9.17, 15) is 9.59 Å². The second-order valence-corrected chi connectivity index (χ2v) is 7.35. The number of nitrogens with one attached hydrogen (secondary N) is 1. The highest BCUT2D eigenvalue weighted by Crippen LogP contribution is 2.41. The second kappa shape index (κ2) is 8.02. The Morgan fingerprint density at radius 3 is 2.64 bits per heavy atom. The van der Waals surface area contributed by atoms with E-state index >= 15 is 0 Å². The van der Waals surface area contributed by atoms with Crippen LogP contribution in [0.1, 0.15) is 23.2 Å². The van der Waals surface area contributed by atoms with Crippen LogP contribution >= 0.6 is 0 Å². The predicted molar refractivity (Wildman–Crippen MR) is 101 cm³/mol. The number of hydrogen-bond acceptors (Lipinski definition) is 6. The van der Waals surface area contributed by atoms with Crippen molar-refractivity contribution in [2.75, 3.05) is 26.8 Å². The zero-order valence-electron chi connectivity index (χ0n) is 15.7. The Balaban J connectivity index is 1.42. The van der Waals surface area contributed by atoms with Gasteiger partial charge in [-0.3, -0.25) is 14.6 Å². The Bertz CT molecular complexity index is 839. The highest BCUT2D eigenvalue weighted by Gasteiger charge is 2.44. The van der Waals surface area contributed by atoms with E-state index in [-0.39, 0.29) is 24.5 Å². The first-order valence-electron chi connectivity index (χ1n) is 9.45. The number of amides is 2. The number of rotatable bonds is 6. The van der Waals surface area contributed by atoms with Crippen molar-refractivity contribution in [3.05, 3.63) is 42.5 Å². The lowest BCUT2D eigenvalue weighted by Crippen LogP contribution is -2.42. The maximum Gasteiger partial charge on any atom is 0.254 e. The van der Waals surface area contributed by atoms with Crippen molar-refractivity contribution < 1.29 is 14.3 Å². The van der Waals surface area contributed by atoms with Gasteiger partial charge in [-0.1, -0.05) is 0 Å². The summed E-state index contributed by atoms with van der Waals surface area (Å²) in [5, 5.41) is 3.09. The highest BCUT2D eigenvalue weighted by molar-refractivity contribution is 5.94. The molecule has 28 heavy (non-hydrogen) atoms. The third-order valence-electron chi connectivity index (χ3n) is 5.36. The van der Waals surface area contributed by atoms with Crippen LogP contribution in [0.15, 0.2) is 36.9 Å². The van der Waals surface area contributed by atoms with Crippen molar-refractivity contribution in [3.63, 3.8) is 0 Å². The van der Waals surface area contributed by atoms with E-state index in [0.29, 0.717) is 36.3 Å². The van der Waals surface area contributed by atoms with Gasteiger partial charge >= 0.3 is 0 Å². The Morgan fingerprint density at radius 1 is 1.21 bits per heavy atom. The summed E-state index contributed by atoms with van der Waals surface area (Å²) < 4.78 is 4.96. The monoisotopic (exact) mass is 381 g/mol. The molecule has 3 heterocycles. The molecule has 1 aliphatic carbocycles. The zero-order chi connectivity index (χ0) is 19.5. The number of likely N-dealkylation sites (tertiary alicyclic amines) is 1. The van der Waals surface area contributed by atoms with Crippen LogP contribution < -0.4 is 5.32 Å². The van der Waals surface area contributed by atoms with Crippen LogP contribution in [0.2, 0.25) is 0 Å². The molecule has 0 spiro atoms. The molecule has 1 saturated carbocycles. The molecule has 0 aromatic carbocycles. The number of hydrogen-bond donors (Lipinski definition) is 1. The molecule has 1 aliphatic heterocycles. The lowest BCUT2D eigenvalue weighted by molar-refractivity contribution is -0.134. The number of ether oxygens (including phenoxy) is 1. The van der Waals surface area contributed by atoms with Gasteiger partial charge in [-0.2, -0.15) is 0 Å². The maximum absolute atomic E-state index is 12.7. The Kier molecular flexibility index (Phi) is 5.29. The summed E-state index contributed by atoms with van der Waals surface area (Å²) in [6.45, 7) is 1.26. The summed E-state index contributed by atoms with van der Waals surface area (Å²) in [5.41, 5.74) is 1.20. The predicted octanol–water partition coefficient (Wildman–Crippen LogP) is 1.15. The summed E-state index contributed by atoms with van der Waals surface area (Å²) in [5.74, 6) is 1.15. The van der Waals surface area contributed by atoms with Crippen LogP contribution in [0, 0.1) is 11.8 Å². The van der Waals surface area contributed by atoms with Gasteiger partial charge < -0.3 is 15.0 Å². The van der Waals surface area contributed by atoms with Crippen molar-refractivity contribution in [2.45, 2.75) is 18.9 Å². The first-order chi connectivity index (χ1) is 13.7. The van der Waals surface area contributed by atoms with Crippen molar-refractivity contribution in [2.24, 2.45) is 11.8 Å². The molecule has 1 N–H and O–H groups in total. The maximum atomic E-state index is 12.7. The molecule has 8 nitrogen and oxygen atoms in total. The van der Waals surface area contributed by atoms with Gasteiger partial charge in [0.2, 0.25) is 5.91 Å². The first-order valence-corrected chi connectivity index (χ1v) is 9.45. The summed E-state index contributed by atoms with van der Waals surface area (Å²) in [7, 11) is 1.51. The zero-order valence-corrected chi connectivity index (χ0v) is 15.7. The molecule has 146 valence electrons. The van der Waals surface area contributed by atoms with Gasteiger partial charge in [0.15, 0.2) is 5.82 Å². The van der Waals surface area contributed by atoms with Crippen molar-refractivity contribution in [1.82, 2.24) is 25.2 Å². The number of carbonyl (C=O) groups excluding carboxylic acids is 2. The molecule has 2 aromatic rings. The van der Waals surface area contributed by atoms with Crippen molar-refractivity contribution >= 4 is 11.8 Å². The number of nitrogens with zero attached hydrogens (tertiary/aromatic N) is 4. The van der Waals surface area contributed by atoms with Crippen LogP contribution in [-0.2, 0) is 9.53 Å². The van der Waals surface area contributed by atoms with Gasteiger partial charge in [-0.25, -0.2) is 9.97 Å². The SMILES string of the molecule is COCC(=O)N1C[C@H](NC(=O)c2cnc(-c3cccnc3)nc2)[C@@H](C2CC2)C1. The summed E-state index contributed by atoms with van der Waals surface area (Å²) in [4.78, 5) is 39.3. The van der Waals surface area contributed by atoms with Gasteiger partial charge in [0.05, 0.1) is 11.6 Å². The van der Waals surface area contributed by atoms with Gasteiger partial charge in [0.1, 0.15) is 6.61 Å². The molecule has 2 amide bonds. The van der Waals surface area contributed by atoms with Crippen LogP contribution in [0.3, 0.4) is 0 Å². The summed E-state index contributed by atoms with van der Waals surface area (Å²) >= 11 is 0. The number of pyridine rings is 1. The lowest BCUT2D eigenvalue weighted by Gasteiger charge is -2.19. The Hall–Kier alpha value is -2.87. The van der Waals surface area contributed by atoms with E-state index < -0.39 is 0 Å². The van der Waals surface area contributed by atoms with E-state index in [2.05, 4.69) is 20.3 Å². The van der Waals surface area contributed by atoms with E-state index in [4.69, 9.17) is 4.74 Å². The molecule has 2 atom stereocenters. The van der Waals surface area contributed by atoms with E-state index in [1.807, 2.05) is 12.1 Å². The molecule has 0 unspecified atom stereocenters. The molecular weight excluding hydrogens is 358 g/mol.